The van der Waals surface area contributed by atoms with Gasteiger partial charge in [0.15, 0.2) is 5.72 Å². The van der Waals surface area contributed by atoms with E-state index in [1.807, 2.05) is 37.3 Å². The van der Waals surface area contributed by atoms with Crippen LogP contribution in [0.1, 0.15) is 40.0 Å². The van der Waals surface area contributed by atoms with Crippen molar-refractivity contribution in [1.29, 1.82) is 0 Å². The number of rotatable bonds is 6. The summed E-state index contributed by atoms with van der Waals surface area (Å²) in [6.07, 6.45) is 2.25. The number of amides is 1. The van der Waals surface area contributed by atoms with Crippen LogP contribution < -0.4 is 10.6 Å². The number of benzene rings is 1. The Morgan fingerprint density at radius 1 is 1.32 bits per heavy atom. The summed E-state index contributed by atoms with van der Waals surface area (Å²) in [6.45, 7) is 6.29. The molecule has 106 valence electrons. The molecule has 0 spiro atoms. The van der Waals surface area contributed by atoms with Crippen molar-refractivity contribution in [1.82, 2.24) is 0 Å². The molecule has 0 aliphatic rings. The highest BCUT2D eigenvalue weighted by Crippen LogP contribution is 2.18. The highest BCUT2D eigenvalue weighted by Gasteiger charge is 2.26. The number of nitrogens with zero attached hydrogens (tertiary/aromatic N) is 1. The molecule has 0 aliphatic heterocycles. The topological polar surface area (TPSA) is 55.6 Å². The van der Waals surface area contributed by atoms with E-state index in [4.69, 9.17) is 10.5 Å². The quantitative estimate of drug-likeness (QED) is 0.800. The van der Waals surface area contributed by atoms with Crippen molar-refractivity contribution in [3.63, 3.8) is 0 Å². The monoisotopic (exact) mass is 264 g/mol. The first kappa shape index (κ1) is 15.5. The number of ether oxygens (including phenoxy) is 1. The van der Waals surface area contributed by atoms with Crippen LogP contribution in [0, 0.1) is 0 Å². The maximum Gasteiger partial charge on any atom is 0.416 e. The molecule has 0 bridgehead atoms. The summed E-state index contributed by atoms with van der Waals surface area (Å²) in [5, 5.41) is 0. The maximum absolute atomic E-state index is 12.2. The fraction of sp³-hybridized carbons (Fsp3) is 0.533. The summed E-state index contributed by atoms with van der Waals surface area (Å²) in [4.78, 5) is 13.8. The van der Waals surface area contributed by atoms with Gasteiger partial charge in [-0.3, -0.25) is 10.6 Å². The van der Waals surface area contributed by atoms with Gasteiger partial charge in [0.1, 0.15) is 0 Å². The van der Waals surface area contributed by atoms with E-state index in [0.717, 1.165) is 18.5 Å². The molecule has 0 aliphatic carbocycles. The number of nitrogens with two attached hydrogens (primary N) is 1. The molecule has 4 nitrogen and oxygen atoms in total. The van der Waals surface area contributed by atoms with Gasteiger partial charge in [-0.15, -0.1) is 0 Å². The van der Waals surface area contributed by atoms with Crippen molar-refractivity contribution in [2.45, 2.75) is 45.8 Å². The third kappa shape index (κ3) is 4.91. The van der Waals surface area contributed by atoms with Crippen LogP contribution in [0.2, 0.25) is 0 Å². The van der Waals surface area contributed by atoms with Crippen LogP contribution in [0.25, 0.3) is 0 Å². The standard InChI is InChI=1S/C15H24N2O2/c1-4-6-12-15(3,16)19-14(18)17(5-2)13-10-8-7-9-11-13/h7-11H,4-6,12,16H2,1-3H3. The zero-order valence-corrected chi connectivity index (χ0v) is 12.1. The molecule has 2 N–H and O–H groups in total. The molecule has 0 saturated heterocycles. The highest BCUT2D eigenvalue weighted by atomic mass is 16.6. The molecule has 1 aromatic carbocycles. The number of carbonyl (C=O) groups excluding carboxylic acids is 1. The second kappa shape index (κ2) is 7.14. The first-order valence-electron chi connectivity index (χ1n) is 6.84. The minimum atomic E-state index is -0.907. The van der Waals surface area contributed by atoms with Crippen molar-refractivity contribution in [3.05, 3.63) is 30.3 Å². The van der Waals surface area contributed by atoms with Gasteiger partial charge in [0.05, 0.1) is 0 Å². The van der Waals surface area contributed by atoms with Crippen molar-refractivity contribution >= 4 is 11.8 Å². The van der Waals surface area contributed by atoms with E-state index in [1.54, 1.807) is 11.8 Å². The normalized spacial score (nSPS) is 13.7. The lowest BCUT2D eigenvalue weighted by atomic mass is 10.1. The van der Waals surface area contributed by atoms with Crippen molar-refractivity contribution < 1.29 is 9.53 Å². The molecule has 1 amide bonds. The van der Waals surface area contributed by atoms with Crippen molar-refractivity contribution in [2.24, 2.45) is 5.73 Å². The minimum absolute atomic E-state index is 0.394. The average molecular weight is 264 g/mol. The van der Waals surface area contributed by atoms with Gasteiger partial charge in [0, 0.05) is 18.7 Å². The number of anilines is 1. The average Bonchev–Trinajstić information content (AvgIpc) is 2.38. The molecule has 0 heterocycles. The number of para-hydroxylation sites is 1. The molecule has 1 unspecified atom stereocenters. The summed E-state index contributed by atoms with van der Waals surface area (Å²) >= 11 is 0. The van der Waals surface area contributed by atoms with Gasteiger partial charge in [0.2, 0.25) is 0 Å². The van der Waals surface area contributed by atoms with E-state index >= 15 is 0 Å². The number of hydrogen-bond donors (Lipinski definition) is 1. The van der Waals surface area contributed by atoms with Gasteiger partial charge in [-0.2, -0.15) is 0 Å². The molecule has 4 heteroatoms. The van der Waals surface area contributed by atoms with E-state index in [0.29, 0.717) is 13.0 Å². The van der Waals surface area contributed by atoms with E-state index in [-0.39, 0.29) is 0 Å². The predicted octanol–water partition coefficient (Wildman–Crippen LogP) is 3.51. The molecule has 0 radical (unpaired) electrons. The Labute approximate surface area is 115 Å². The summed E-state index contributed by atoms with van der Waals surface area (Å²) in [5.74, 6) is 0. The molecule has 1 atom stereocenters. The van der Waals surface area contributed by atoms with Gasteiger partial charge in [-0.05, 0) is 32.4 Å². The first-order valence-corrected chi connectivity index (χ1v) is 6.84. The van der Waals surface area contributed by atoms with Crippen molar-refractivity contribution in [3.8, 4) is 0 Å². The van der Waals surface area contributed by atoms with Crippen LogP contribution >= 0.6 is 0 Å². The van der Waals surface area contributed by atoms with Gasteiger partial charge in [-0.1, -0.05) is 31.5 Å². The van der Waals surface area contributed by atoms with Gasteiger partial charge in [0.25, 0.3) is 0 Å². The molecule has 1 rings (SSSR count). The molecule has 0 aromatic heterocycles. The van der Waals surface area contributed by atoms with Gasteiger partial charge in [-0.25, -0.2) is 4.79 Å². The Morgan fingerprint density at radius 2 is 1.95 bits per heavy atom. The lowest BCUT2D eigenvalue weighted by molar-refractivity contribution is 0.0265. The third-order valence-corrected chi connectivity index (χ3v) is 2.95. The summed E-state index contributed by atoms with van der Waals surface area (Å²) in [5.41, 5.74) is 5.92. The van der Waals surface area contributed by atoms with Crippen LogP contribution in [-0.4, -0.2) is 18.4 Å². The SMILES string of the molecule is CCCCC(C)(N)OC(=O)N(CC)c1ccccc1. The lowest BCUT2D eigenvalue weighted by Gasteiger charge is -2.29. The van der Waals surface area contributed by atoms with Gasteiger partial charge >= 0.3 is 6.09 Å². The molecular formula is C15H24N2O2. The second-order valence-corrected chi connectivity index (χ2v) is 4.86. The van der Waals surface area contributed by atoms with Crippen LogP contribution in [-0.2, 0) is 4.74 Å². The van der Waals surface area contributed by atoms with E-state index in [1.165, 1.54) is 0 Å². The Bertz CT molecular complexity index is 390. The molecule has 1 aromatic rings. The Hall–Kier alpha value is -1.55. The number of unbranched alkanes of at least 4 members (excludes halogenated alkanes) is 1. The largest absolute Gasteiger partial charge is 0.428 e. The zero-order valence-electron chi connectivity index (χ0n) is 12.1. The smallest absolute Gasteiger partial charge is 0.416 e. The highest BCUT2D eigenvalue weighted by molar-refractivity contribution is 5.87. The Balaban J connectivity index is 2.70. The molecule has 0 saturated carbocycles. The zero-order chi connectivity index (χ0) is 14.3. The molecule has 19 heavy (non-hydrogen) atoms. The van der Waals surface area contributed by atoms with E-state index < -0.39 is 11.8 Å². The molecule has 0 fully saturated rings. The van der Waals surface area contributed by atoms with Crippen LogP contribution in [0.4, 0.5) is 10.5 Å². The number of carbonyl (C=O) groups is 1. The fourth-order valence-electron chi connectivity index (χ4n) is 1.86. The van der Waals surface area contributed by atoms with E-state index in [2.05, 4.69) is 6.92 Å². The van der Waals surface area contributed by atoms with Crippen LogP contribution in [0.5, 0.6) is 0 Å². The fourth-order valence-corrected chi connectivity index (χ4v) is 1.86. The van der Waals surface area contributed by atoms with Gasteiger partial charge < -0.3 is 4.74 Å². The Morgan fingerprint density at radius 3 is 2.47 bits per heavy atom. The summed E-state index contributed by atoms with van der Waals surface area (Å²) in [6, 6.07) is 9.46. The predicted molar refractivity (Wildman–Crippen MR) is 78.1 cm³/mol. The minimum Gasteiger partial charge on any atom is -0.428 e. The number of hydrogen-bond acceptors (Lipinski definition) is 3. The van der Waals surface area contributed by atoms with Crippen LogP contribution in [0.15, 0.2) is 30.3 Å². The van der Waals surface area contributed by atoms with Crippen LogP contribution in [0.3, 0.4) is 0 Å². The summed E-state index contributed by atoms with van der Waals surface area (Å²) in [7, 11) is 0. The lowest BCUT2D eigenvalue weighted by Crippen LogP contribution is -2.45. The Kier molecular flexibility index (Phi) is 5.83. The molecular weight excluding hydrogens is 240 g/mol. The maximum atomic E-state index is 12.2. The second-order valence-electron chi connectivity index (χ2n) is 4.86. The van der Waals surface area contributed by atoms with Crippen molar-refractivity contribution in [2.75, 3.05) is 11.4 Å². The third-order valence-electron chi connectivity index (χ3n) is 2.95. The van der Waals surface area contributed by atoms with E-state index in [9.17, 15) is 4.79 Å². The first-order chi connectivity index (χ1) is 9.00. The summed E-state index contributed by atoms with van der Waals surface area (Å²) < 4.78 is 5.41.